The van der Waals surface area contributed by atoms with Crippen LogP contribution < -0.4 is 5.32 Å². The minimum atomic E-state index is -1.22. The maximum absolute atomic E-state index is 12.7. The molecule has 0 aliphatic heterocycles. The third-order valence-electron chi connectivity index (χ3n) is 4.43. The van der Waals surface area contributed by atoms with E-state index in [2.05, 4.69) is 10.3 Å². The number of benzene rings is 1. The second-order valence-electron chi connectivity index (χ2n) is 6.10. The Hall–Kier alpha value is -2.61. The molecule has 0 saturated carbocycles. The number of aromatic nitrogens is 1. The number of nitrogens with zero attached hydrogens (tertiary/aromatic N) is 2. The molecule has 1 aromatic carbocycles. The van der Waals surface area contributed by atoms with Gasteiger partial charge in [-0.05, 0) is 37.0 Å². The van der Waals surface area contributed by atoms with Crippen LogP contribution in [0.25, 0.3) is 0 Å². The molecule has 1 aromatic heterocycles. The van der Waals surface area contributed by atoms with E-state index in [0.29, 0.717) is 35.5 Å². The van der Waals surface area contributed by atoms with Crippen molar-refractivity contribution in [2.75, 3.05) is 5.75 Å². The molecule has 0 radical (unpaired) electrons. The van der Waals surface area contributed by atoms with E-state index in [0.717, 1.165) is 11.3 Å². The maximum atomic E-state index is 12.7. The van der Waals surface area contributed by atoms with Crippen LogP contribution in [0.4, 0.5) is 5.69 Å². The summed E-state index contributed by atoms with van der Waals surface area (Å²) in [5.41, 5.74) is 2.00. The fraction of sp³-hybridized carbons (Fsp3) is 0.333. The van der Waals surface area contributed by atoms with Crippen LogP contribution in [0.1, 0.15) is 35.0 Å². The smallest absolute Gasteiger partial charge is 0.287 e. The van der Waals surface area contributed by atoms with Crippen molar-refractivity contribution < 1.29 is 13.9 Å². The van der Waals surface area contributed by atoms with E-state index in [1.807, 2.05) is 6.92 Å². The molecule has 26 heavy (non-hydrogen) atoms. The molecule has 2 aromatic rings. The number of hydrogen-bond acceptors (Lipinski definition) is 5. The van der Waals surface area contributed by atoms with Gasteiger partial charge in [0.2, 0.25) is 0 Å². The second kappa shape index (κ2) is 7.74. The lowest BCUT2D eigenvalue weighted by atomic mass is 9.91. The normalized spacial score (nSPS) is 17.2. The van der Waals surface area contributed by atoms with Crippen molar-refractivity contribution in [3.63, 3.8) is 0 Å². The van der Waals surface area contributed by atoms with Crippen LogP contribution in [0.15, 0.2) is 41.4 Å². The van der Waals surface area contributed by atoms with E-state index in [4.69, 9.17) is 0 Å². The molecule has 0 unspecified atom stereocenters. The van der Waals surface area contributed by atoms with Gasteiger partial charge in [0.25, 0.3) is 11.6 Å². The molecule has 1 N–H and O–H groups in total. The van der Waals surface area contributed by atoms with Gasteiger partial charge in [-0.25, -0.2) is 0 Å². The number of pyridine rings is 1. The van der Waals surface area contributed by atoms with Crippen molar-refractivity contribution in [1.82, 2.24) is 10.3 Å². The first kappa shape index (κ1) is 18.2. The minimum Gasteiger partial charge on any atom is -0.349 e. The summed E-state index contributed by atoms with van der Waals surface area (Å²) in [7, 11) is -1.22. The fourth-order valence-corrected chi connectivity index (χ4v) is 4.05. The fourth-order valence-electron chi connectivity index (χ4n) is 3.10. The van der Waals surface area contributed by atoms with E-state index in [-0.39, 0.29) is 17.6 Å². The van der Waals surface area contributed by atoms with Crippen LogP contribution in [0.5, 0.6) is 0 Å². The number of fused-ring (bicyclic) bond motifs is 1. The number of carbonyl (C=O) groups is 1. The Kier molecular flexibility index (Phi) is 5.41. The molecular weight excluding hydrogens is 354 g/mol. The Morgan fingerprint density at radius 1 is 1.42 bits per heavy atom. The summed E-state index contributed by atoms with van der Waals surface area (Å²) < 4.78 is 12.2. The Morgan fingerprint density at radius 3 is 2.92 bits per heavy atom. The van der Waals surface area contributed by atoms with E-state index in [1.54, 1.807) is 24.3 Å². The molecule has 136 valence electrons. The van der Waals surface area contributed by atoms with Gasteiger partial charge in [-0.15, -0.1) is 0 Å². The highest BCUT2D eigenvalue weighted by Gasteiger charge is 2.24. The summed E-state index contributed by atoms with van der Waals surface area (Å²) in [4.78, 5) is 27.8. The number of nitrogens with one attached hydrogen (secondary N) is 1. The highest BCUT2D eigenvalue weighted by Crippen LogP contribution is 2.24. The average molecular weight is 373 g/mol. The highest BCUT2D eigenvalue weighted by molar-refractivity contribution is 7.85. The summed E-state index contributed by atoms with van der Waals surface area (Å²) >= 11 is 0. The number of aryl methyl sites for hydroxylation is 1. The number of carbonyl (C=O) groups excluding carboxylic acids is 1. The number of rotatable bonds is 5. The third kappa shape index (κ3) is 3.80. The number of nitro groups is 1. The van der Waals surface area contributed by atoms with Crippen LogP contribution in [-0.2, 0) is 23.6 Å². The molecule has 1 aliphatic carbocycles. The molecule has 2 atom stereocenters. The van der Waals surface area contributed by atoms with Crippen LogP contribution in [0.3, 0.4) is 0 Å². The summed E-state index contributed by atoms with van der Waals surface area (Å²) in [6.45, 7) is 1.81. The van der Waals surface area contributed by atoms with Crippen LogP contribution in [0.2, 0.25) is 0 Å². The largest absolute Gasteiger partial charge is 0.349 e. The zero-order valence-corrected chi connectivity index (χ0v) is 15.1. The summed E-state index contributed by atoms with van der Waals surface area (Å²) in [6.07, 6.45) is 3.13. The molecule has 7 nitrogen and oxygen atoms in total. The van der Waals surface area contributed by atoms with Crippen molar-refractivity contribution in [3.05, 3.63) is 63.5 Å². The Bertz CT molecular complexity index is 884. The van der Waals surface area contributed by atoms with Gasteiger partial charge in [0.1, 0.15) is 6.20 Å². The van der Waals surface area contributed by atoms with E-state index >= 15 is 0 Å². The van der Waals surface area contributed by atoms with Gasteiger partial charge in [-0.1, -0.05) is 19.1 Å². The topological polar surface area (TPSA) is 102 Å². The van der Waals surface area contributed by atoms with Crippen LogP contribution >= 0.6 is 0 Å². The lowest BCUT2D eigenvalue weighted by Crippen LogP contribution is -2.39. The SMILES string of the molecule is CC[S@@](=O)c1ccccc1C(=O)N[C@H]1CCc2ncc([N+](=O)[O-])cc2C1. The second-order valence-corrected chi connectivity index (χ2v) is 7.81. The van der Waals surface area contributed by atoms with Gasteiger partial charge in [-0.2, -0.15) is 0 Å². The van der Waals surface area contributed by atoms with Gasteiger partial charge in [-0.3, -0.25) is 24.1 Å². The van der Waals surface area contributed by atoms with Crippen LogP contribution in [-0.4, -0.2) is 31.8 Å². The first-order valence-electron chi connectivity index (χ1n) is 8.40. The average Bonchev–Trinajstić information content (AvgIpc) is 2.66. The quantitative estimate of drug-likeness (QED) is 0.640. The van der Waals surface area contributed by atoms with Crippen molar-refractivity contribution in [1.29, 1.82) is 0 Å². The summed E-state index contributed by atoms with van der Waals surface area (Å²) in [5.74, 6) is 0.172. The Morgan fingerprint density at radius 2 is 2.19 bits per heavy atom. The van der Waals surface area contributed by atoms with Crippen molar-refractivity contribution in [2.45, 2.75) is 37.1 Å². The first-order chi connectivity index (χ1) is 12.5. The standard InChI is InChI=1S/C18H19N3O4S/c1-2-26(25)17-6-4-3-5-15(17)18(22)20-13-7-8-16-12(9-13)10-14(11-19-16)21(23)24/h3-6,10-11,13H,2,7-9H2,1H3,(H,20,22)/t13-,26+/m0/s1. The maximum Gasteiger partial charge on any atom is 0.287 e. The summed E-state index contributed by atoms with van der Waals surface area (Å²) in [6, 6.07) is 8.28. The zero-order chi connectivity index (χ0) is 18.7. The Labute approximate surface area is 153 Å². The molecule has 0 bridgehead atoms. The molecule has 1 aliphatic rings. The molecule has 1 heterocycles. The molecule has 0 fully saturated rings. The lowest BCUT2D eigenvalue weighted by Gasteiger charge is -2.25. The minimum absolute atomic E-state index is 0.0422. The molecular formula is C18H19N3O4S. The molecule has 8 heteroatoms. The molecule has 0 saturated heterocycles. The van der Waals surface area contributed by atoms with Crippen LogP contribution in [0, 0.1) is 10.1 Å². The molecule has 0 spiro atoms. The van der Waals surface area contributed by atoms with Gasteiger partial charge in [0, 0.05) is 23.6 Å². The van der Waals surface area contributed by atoms with Crippen molar-refractivity contribution >= 4 is 22.4 Å². The van der Waals surface area contributed by atoms with Gasteiger partial charge in [0.15, 0.2) is 0 Å². The predicted molar refractivity (Wildman–Crippen MR) is 97.6 cm³/mol. The van der Waals surface area contributed by atoms with E-state index in [1.165, 1.54) is 12.3 Å². The van der Waals surface area contributed by atoms with Crippen molar-refractivity contribution in [3.8, 4) is 0 Å². The van der Waals surface area contributed by atoms with E-state index < -0.39 is 15.7 Å². The highest BCUT2D eigenvalue weighted by atomic mass is 32.2. The van der Waals surface area contributed by atoms with Gasteiger partial charge >= 0.3 is 0 Å². The monoisotopic (exact) mass is 373 g/mol. The van der Waals surface area contributed by atoms with E-state index in [9.17, 15) is 19.1 Å². The molecule has 1 amide bonds. The number of amides is 1. The molecule has 3 rings (SSSR count). The first-order valence-corrected chi connectivity index (χ1v) is 9.72. The predicted octanol–water partition coefficient (Wildman–Crippen LogP) is 2.40. The third-order valence-corrected chi connectivity index (χ3v) is 5.80. The Balaban J connectivity index is 1.77. The zero-order valence-electron chi connectivity index (χ0n) is 14.3. The summed E-state index contributed by atoms with van der Waals surface area (Å²) in [5, 5.41) is 13.9. The van der Waals surface area contributed by atoms with Gasteiger partial charge in [0.05, 0.1) is 26.2 Å². The van der Waals surface area contributed by atoms with Gasteiger partial charge < -0.3 is 5.32 Å². The lowest BCUT2D eigenvalue weighted by molar-refractivity contribution is -0.385. The number of hydrogen-bond donors (Lipinski definition) is 1. The van der Waals surface area contributed by atoms with Crippen molar-refractivity contribution in [2.24, 2.45) is 0 Å².